The zero-order valence-corrected chi connectivity index (χ0v) is 14.4. The van der Waals surface area contributed by atoms with Crippen molar-refractivity contribution >= 4 is 23.3 Å². The van der Waals surface area contributed by atoms with Gasteiger partial charge in [0.25, 0.3) is 5.91 Å². The van der Waals surface area contributed by atoms with Crippen LogP contribution in [-0.4, -0.2) is 32.6 Å². The van der Waals surface area contributed by atoms with Crippen LogP contribution in [0.25, 0.3) is 0 Å². The molecule has 5 nitrogen and oxygen atoms in total. The Labute approximate surface area is 142 Å². The average molecular weight is 326 g/mol. The molecule has 5 heteroatoms. The monoisotopic (exact) mass is 326 g/mol. The van der Waals surface area contributed by atoms with Crippen molar-refractivity contribution in [1.82, 2.24) is 0 Å². The predicted octanol–water partition coefficient (Wildman–Crippen LogP) is 3.16. The number of ether oxygens (including phenoxy) is 1. The Balaban J connectivity index is 1.92. The molecule has 0 atom stereocenters. The van der Waals surface area contributed by atoms with E-state index in [2.05, 4.69) is 5.32 Å². The highest BCUT2D eigenvalue weighted by Crippen LogP contribution is 2.19. The molecular weight excluding hydrogens is 304 g/mol. The van der Waals surface area contributed by atoms with Crippen molar-refractivity contribution in [2.45, 2.75) is 13.8 Å². The van der Waals surface area contributed by atoms with E-state index in [9.17, 15) is 9.59 Å². The molecule has 0 heterocycles. The molecule has 0 aliphatic heterocycles. The van der Waals surface area contributed by atoms with Crippen molar-refractivity contribution in [1.29, 1.82) is 0 Å². The summed E-state index contributed by atoms with van der Waals surface area (Å²) in [4.78, 5) is 25.9. The zero-order chi connectivity index (χ0) is 17.7. The number of hydrogen-bond donors (Lipinski definition) is 1. The van der Waals surface area contributed by atoms with Crippen LogP contribution in [0.5, 0.6) is 0 Å². The fraction of sp³-hybridized carbons (Fsp3) is 0.263. The quantitative estimate of drug-likeness (QED) is 0.858. The van der Waals surface area contributed by atoms with E-state index in [0.717, 1.165) is 22.5 Å². The van der Waals surface area contributed by atoms with Crippen LogP contribution in [-0.2, 0) is 9.53 Å². The maximum Gasteiger partial charge on any atom is 0.338 e. The first kappa shape index (κ1) is 17.5. The number of rotatable bonds is 5. The minimum absolute atomic E-state index is 0.317. The summed E-state index contributed by atoms with van der Waals surface area (Å²) in [5, 5.41) is 2.79. The number of esters is 1. The molecule has 0 aliphatic rings. The maximum absolute atomic E-state index is 12.0. The molecule has 126 valence electrons. The molecule has 0 aromatic heterocycles. The molecule has 0 radical (unpaired) electrons. The molecule has 0 bridgehead atoms. The van der Waals surface area contributed by atoms with Gasteiger partial charge in [0.1, 0.15) is 0 Å². The molecule has 0 fully saturated rings. The van der Waals surface area contributed by atoms with Crippen LogP contribution in [0.4, 0.5) is 11.4 Å². The van der Waals surface area contributed by atoms with Gasteiger partial charge in [-0.1, -0.05) is 18.2 Å². The van der Waals surface area contributed by atoms with E-state index in [0.29, 0.717) is 5.56 Å². The topological polar surface area (TPSA) is 58.6 Å². The largest absolute Gasteiger partial charge is 0.452 e. The van der Waals surface area contributed by atoms with Crippen molar-refractivity contribution in [2.75, 3.05) is 30.9 Å². The number of carbonyl (C=O) groups excluding carboxylic acids is 2. The van der Waals surface area contributed by atoms with E-state index in [1.807, 2.05) is 63.2 Å². The number of aryl methyl sites for hydroxylation is 2. The molecule has 2 aromatic rings. The lowest BCUT2D eigenvalue weighted by atomic mass is 10.1. The number of nitrogens with one attached hydrogen (secondary N) is 1. The molecule has 0 unspecified atom stereocenters. The van der Waals surface area contributed by atoms with Gasteiger partial charge < -0.3 is 15.0 Å². The van der Waals surface area contributed by atoms with Crippen LogP contribution in [0.1, 0.15) is 21.5 Å². The molecule has 0 saturated carbocycles. The third-order valence-corrected chi connectivity index (χ3v) is 3.70. The van der Waals surface area contributed by atoms with E-state index in [4.69, 9.17) is 4.74 Å². The number of hydrogen-bond acceptors (Lipinski definition) is 4. The Hall–Kier alpha value is -2.82. The highest BCUT2D eigenvalue weighted by molar-refractivity contribution is 5.96. The van der Waals surface area contributed by atoms with E-state index in [1.54, 1.807) is 12.1 Å². The van der Waals surface area contributed by atoms with Gasteiger partial charge in [-0.25, -0.2) is 4.79 Å². The van der Waals surface area contributed by atoms with Gasteiger partial charge in [-0.15, -0.1) is 0 Å². The lowest BCUT2D eigenvalue weighted by molar-refractivity contribution is -0.119. The highest BCUT2D eigenvalue weighted by atomic mass is 16.5. The lowest BCUT2D eigenvalue weighted by Crippen LogP contribution is -2.21. The van der Waals surface area contributed by atoms with Gasteiger partial charge in [-0.05, 0) is 49.2 Å². The van der Waals surface area contributed by atoms with Gasteiger partial charge in [0.15, 0.2) is 6.61 Å². The van der Waals surface area contributed by atoms with E-state index >= 15 is 0 Å². The van der Waals surface area contributed by atoms with Crippen LogP contribution >= 0.6 is 0 Å². The molecule has 1 amide bonds. The van der Waals surface area contributed by atoms with E-state index < -0.39 is 5.97 Å². The zero-order valence-electron chi connectivity index (χ0n) is 14.4. The SMILES string of the molecule is Cc1cccc(C)c1NC(=O)COC(=O)c1ccc(N(C)C)cc1. The highest BCUT2D eigenvalue weighted by Gasteiger charge is 2.12. The lowest BCUT2D eigenvalue weighted by Gasteiger charge is -2.13. The molecule has 0 aliphatic carbocycles. The van der Waals surface area contributed by atoms with Gasteiger partial charge in [-0.3, -0.25) is 4.79 Å². The number of nitrogens with zero attached hydrogens (tertiary/aromatic N) is 1. The van der Waals surface area contributed by atoms with E-state index in [-0.39, 0.29) is 12.5 Å². The molecule has 24 heavy (non-hydrogen) atoms. The molecule has 0 saturated heterocycles. The summed E-state index contributed by atoms with van der Waals surface area (Å²) in [6.45, 7) is 3.52. The summed E-state index contributed by atoms with van der Waals surface area (Å²) in [5.74, 6) is -0.873. The van der Waals surface area contributed by atoms with Crippen molar-refractivity contribution in [2.24, 2.45) is 0 Å². The molecular formula is C19H22N2O3. The minimum Gasteiger partial charge on any atom is -0.452 e. The summed E-state index contributed by atoms with van der Waals surface area (Å²) in [5.41, 5.74) is 4.09. The Morgan fingerprint density at radius 3 is 2.12 bits per heavy atom. The number of para-hydroxylation sites is 1. The fourth-order valence-corrected chi connectivity index (χ4v) is 2.30. The number of carbonyl (C=O) groups is 2. The maximum atomic E-state index is 12.0. The van der Waals surface area contributed by atoms with Crippen molar-refractivity contribution in [3.05, 3.63) is 59.2 Å². The second kappa shape index (κ2) is 7.64. The Bertz CT molecular complexity index is 717. The summed E-state index contributed by atoms with van der Waals surface area (Å²) >= 11 is 0. The van der Waals surface area contributed by atoms with Crippen LogP contribution in [0, 0.1) is 13.8 Å². The minimum atomic E-state index is -0.517. The summed E-state index contributed by atoms with van der Waals surface area (Å²) in [6.07, 6.45) is 0. The van der Waals surface area contributed by atoms with Crippen molar-refractivity contribution in [3.8, 4) is 0 Å². The summed E-state index contributed by atoms with van der Waals surface area (Å²) < 4.78 is 5.08. The fourth-order valence-electron chi connectivity index (χ4n) is 2.30. The van der Waals surface area contributed by atoms with Gasteiger partial charge in [0.05, 0.1) is 5.56 Å². The Kier molecular flexibility index (Phi) is 5.58. The second-order valence-corrected chi connectivity index (χ2v) is 5.83. The smallest absolute Gasteiger partial charge is 0.338 e. The standard InChI is InChI=1S/C19H22N2O3/c1-13-6-5-7-14(2)18(13)20-17(22)12-24-19(23)15-8-10-16(11-9-15)21(3)4/h5-11H,12H2,1-4H3,(H,20,22). The summed E-state index contributed by atoms with van der Waals surface area (Å²) in [7, 11) is 3.84. The van der Waals surface area contributed by atoms with Crippen LogP contribution in [0.15, 0.2) is 42.5 Å². The first-order chi connectivity index (χ1) is 11.4. The molecule has 2 rings (SSSR count). The normalized spacial score (nSPS) is 10.2. The van der Waals surface area contributed by atoms with Gasteiger partial charge >= 0.3 is 5.97 Å². The molecule has 2 aromatic carbocycles. The van der Waals surface area contributed by atoms with Crippen LogP contribution in [0.3, 0.4) is 0 Å². The summed E-state index contributed by atoms with van der Waals surface area (Å²) in [6, 6.07) is 12.8. The van der Waals surface area contributed by atoms with Gasteiger partial charge in [0.2, 0.25) is 0 Å². The predicted molar refractivity (Wildman–Crippen MR) is 95.6 cm³/mol. The number of anilines is 2. The van der Waals surface area contributed by atoms with Crippen LogP contribution < -0.4 is 10.2 Å². The van der Waals surface area contributed by atoms with Gasteiger partial charge in [0, 0.05) is 25.5 Å². The number of benzene rings is 2. The average Bonchev–Trinajstić information content (AvgIpc) is 2.56. The van der Waals surface area contributed by atoms with Crippen molar-refractivity contribution in [3.63, 3.8) is 0 Å². The Morgan fingerprint density at radius 1 is 1.00 bits per heavy atom. The number of amides is 1. The van der Waals surface area contributed by atoms with Gasteiger partial charge in [-0.2, -0.15) is 0 Å². The second-order valence-electron chi connectivity index (χ2n) is 5.83. The first-order valence-electron chi connectivity index (χ1n) is 7.69. The van der Waals surface area contributed by atoms with E-state index in [1.165, 1.54) is 0 Å². The van der Waals surface area contributed by atoms with Crippen molar-refractivity contribution < 1.29 is 14.3 Å². The Morgan fingerprint density at radius 2 is 1.58 bits per heavy atom. The first-order valence-corrected chi connectivity index (χ1v) is 7.69. The van der Waals surface area contributed by atoms with Crippen LogP contribution in [0.2, 0.25) is 0 Å². The molecule has 0 spiro atoms. The molecule has 1 N–H and O–H groups in total. The third-order valence-electron chi connectivity index (χ3n) is 3.70. The third kappa shape index (κ3) is 4.35.